The third-order valence-electron chi connectivity index (χ3n) is 4.57. The van der Waals surface area contributed by atoms with E-state index in [4.69, 9.17) is 0 Å². The number of hydrogen-bond donors (Lipinski definition) is 1. The lowest BCUT2D eigenvalue weighted by Gasteiger charge is -2.27. The van der Waals surface area contributed by atoms with Crippen LogP contribution >= 0.6 is 0 Å². The van der Waals surface area contributed by atoms with Crippen LogP contribution in [0, 0.1) is 19.8 Å². The lowest BCUT2D eigenvalue weighted by molar-refractivity contribution is -0.137. The molecule has 4 nitrogen and oxygen atoms in total. The fourth-order valence-corrected chi connectivity index (χ4v) is 4.02. The number of nitrogens with one attached hydrogen (secondary N) is 1. The van der Waals surface area contributed by atoms with E-state index < -0.39 is 27.5 Å². The van der Waals surface area contributed by atoms with Gasteiger partial charge in [-0.25, -0.2) is 13.6 Å². The van der Waals surface area contributed by atoms with Gasteiger partial charge in [-0.2, -0.15) is 18.3 Å². The maximum atomic E-state index is 12.9. The van der Waals surface area contributed by atoms with Crippen LogP contribution in [-0.4, -0.2) is 18.7 Å². The number of rotatable bonds is 6. The van der Waals surface area contributed by atoms with Crippen LogP contribution in [0.25, 0.3) is 5.69 Å². The van der Waals surface area contributed by atoms with E-state index in [1.54, 1.807) is 0 Å². The Labute approximate surface area is 173 Å². The Kier molecular flexibility index (Phi) is 7.00. The standard InChI is InChI=1S/C21H30F3N3OS/c1-13(2)8-18(26-29(28)20(5,6)7)16-9-14(3)19(15(4)10-16)27-12-17(11-25-27)21(22,23)24/h9-13,18,26H,8H2,1-7H3/t18-,29-/m0/s1. The molecule has 2 rings (SSSR count). The molecule has 0 amide bonds. The number of aromatic nitrogens is 2. The van der Waals surface area contributed by atoms with E-state index in [-0.39, 0.29) is 6.04 Å². The maximum Gasteiger partial charge on any atom is 0.419 e. The van der Waals surface area contributed by atoms with Gasteiger partial charge in [0.05, 0.1) is 33.2 Å². The molecule has 0 bridgehead atoms. The summed E-state index contributed by atoms with van der Waals surface area (Å²) in [6.07, 6.45) is -1.79. The predicted octanol–water partition coefficient (Wildman–Crippen LogP) is 5.65. The molecule has 29 heavy (non-hydrogen) atoms. The monoisotopic (exact) mass is 429 g/mol. The van der Waals surface area contributed by atoms with Gasteiger partial charge in [-0.1, -0.05) is 26.0 Å². The van der Waals surface area contributed by atoms with Crippen molar-refractivity contribution >= 4 is 11.0 Å². The third kappa shape index (κ3) is 5.92. The maximum absolute atomic E-state index is 12.9. The summed E-state index contributed by atoms with van der Waals surface area (Å²) in [7, 11) is -1.24. The Morgan fingerprint density at radius 3 is 2.10 bits per heavy atom. The summed E-state index contributed by atoms with van der Waals surface area (Å²) >= 11 is 0. The fraction of sp³-hybridized carbons (Fsp3) is 0.571. The van der Waals surface area contributed by atoms with Gasteiger partial charge in [0, 0.05) is 12.2 Å². The Hall–Kier alpha value is -1.67. The highest BCUT2D eigenvalue weighted by atomic mass is 32.2. The second-order valence-electron chi connectivity index (χ2n) is 8.86. The Bertz CT molecular complexity index is 859. The van der Waals surface area contributed by atoms with Gasteiger partial charge in [-0.3, -0.25) is 0 Å². The largest absolute Gasteiger partial charge is 0.419 e. The van der Waals surface area contributed by atoms with Gasteiger partial charge < -0.3 is 0 Å². The predicted molar refractivity (Wildman–Crippen MR) is 111 cm³/mol. The quantitative estimate of drug-likeness (QED) is 0.645. The summed E-state index contributed by atoms with van der Waals surface area (Å²) in [4.78, 5) is 0. The van der Waals surface area contributed by atoms with Crippen LogP contribution in [0.4, 0.5) is 13.2 Å². The zero-order valence-electron chi connectivity index (χ0n) is 18.0. The van der Waals surface area contributed by atoms with Gasteiger partial charge in [0.2, 0.25) is 0 Å². The fourth-order valence-electron chi connectivity index (χ4n) is 3.17. The number of nitrogens with zero attached hydrogens (tertiary/aromatic N) is 2. The Morgan fingerprint density at radius 2 is 1.69 bits per heavy atom. The summed E-state index contributed by atoms with van der Waals surface area (Å²) in [6.45, 7) is 13.7. The van der Waals surface area contributed by atoms with Gasteiger partial charge in [0.1, 0.15) is 0 Å². The van der Waals surface area contributed by atoms with Crippen molar-refractivity contribution < 1.29 is 17.4 Å². The topological polar surface area (TPSA) is 46.9 Å². The zero-order chi connectivity index (χ0) is 22.1. The molecule has 2 atom stereocenters. The third-order valence-corrected chi connectivity index (χ3v) is 6.18. The average molecular weight is 430 g/mol. The molecule has 0 saturated heterocycles. The van der Waals surface area contributed by atoms with Crippen molar-refractivity contribution in [1.29, 1.82) is 0 Å². The summed E-state index contributed by atoms with van der Waals surface area (Å²) < 4.78 is 55.6. The molecule has 162 valence electrons. The molecule has 0 aliphatic rings. The molecular weight excluding hydrogens is 399 g/mol. The first-order valence-electron chi connectivity index (χ1n) is 9.61. The molecule has 8 heteroatoms. The van der Waals surface area contributed by atoms with Crippen LogP contribution in [0.1, 0.15) is 69.3 Å². The molecule has 1 aromatic heterocycles. The minimum atomic E-state index is -4.43. The normalized spacial score (nSPS) is 15.0. The first-order valence-corrected chi connectivity index (χ1v) is 10.8. The molecule has 0 aliphatic carbocycles. The van der Waals surface area contributed by atoms with Crippen molar-refractivity contribution in [2.75, 3.05) is 0 Å². The van der Waals surface area contributed by atoms with Gasteiger partial charge in [0.15, 0.2) is 0 Å². The number of benzene rings is 1. The van der Waals surface area contributed by atoms with Crippen molar-refractivity contribution in [2.24, 2.45) is 5.92 Å². The second-order valence-corrected chi connectivity index (χ2v) is 10.9. The molecular formula is C21H30F3N3OS. The lowest BCUT2D eigenvalue weighted by Crippen LogP contribution is -2.36. The van der Waals surface area contributed by atoms with E-state index in [0.717, 1.165) is 35.5 Å². The van der Waals surface area contributed by atoms with E-state index in [1.165, 1.54) is 4.68 Å². The molecule has 0 saturated carbocycles. The summed E-state index contributed by atoms with van der Waals surface area (Å²) in [6, 6.07) is 3.76. The Morgan fingerprint density at radius 1 is 1.14 bits per heavy atom. The van der Waals surface area contributed by atoms with E-state index in [9.17, 15) is 17.4 Å². The van der Waals surface area contributed by atoms with E-state index in [2.05, 4.69) is 23.7 Å². The van der Waals surface area contributed by atoms with Crippen molar-refractivity contribution in [3.63, 3.8) is 0 Å². The van der Waals surface area contributed by atoms with Crippen molar-refractivity contribution in [3.8, 4) is 5.69 Å². The highest BCUT2D eigenvalue weighted by Crippen LogP contribution is 2.32. The molecule has 1 N–H and O–H groups in total. The number of hydrogen-bond acceptors (Lipinski definition) is 2. The minimum Gasteiger partial charge on any atom is -0.242 e. The molecule has 0 spiro atoms. The summed E-state index contributed by atoms with van der Waals surface area (Å²) in [5, 5.41) is 3.91. The lowest BCUT2D eigenvalue weighted by atomic mass is 9.94. The number of alkyl halides is 3. The van der Waals surface area contributed by atoms with Gasteiger partial charge in [-0.05, 0) is 63.6 Å². The zero-order valence-corrected chi connectivity index (χ0v) is 18.8. The highest BCUT2D eigenvalue weighted by molar-refractivity contribution is 7.84. The van der Waals surface area contributed by atoms with Crippen molar-refractivity contribution in [2.45, 2.75) is 71.9 Å². The van der Waals surface area contributed by atoms with Crippen molar-refractivity contribution in [3.05, 3.63) is 46.8 Å². The van der Waals surface area contributed by atoms with E-state index >= 15 is 0 Å². The number of halogens is 3. The van der Waals surface area contributed by atoms with Crippen LogP contribution in [0.3, 0.4) is 0 Å². The smallest absolute Gasteiger partial charge is 0.242 e. The van der Waals surface area contributed by atoms with Crippen LogP contribution in [0.15, 0.2) is 24.5 Å². The Balaban J connectivity index is 2.43. The minimum absolute atomic E-state index is 0.120. The average Bonchev–Trinajstić information content (AvgIpc) is 3.01. The SMILES string of the molecule is Cc1cc([C@H](CC(C)C)N[S@@](=O)C(C)(C)C)cc(C)c1-n1cc(C(F)(F)F)cn1. The van der Waals surface area contributed by atoms with Crippen molar-refractivity contribution in [1.82, 2.24) is 14.5 Å². The van der Waals surface area contributed by atoms with Crippen LogP contribution in [-0.2, 0) is 17.2 Å². The van der Waals surface area contributed by atoms with Crippen LogP contribution in [0.2, 0.25) is 0 Å². The first-order chi connectivity index (χ1) is 13.2. The van der Waals surface area contributed by atoms with E-state index in [0.29, 0.717) is 11.6 Å². The van der Waals surface area contributed by atoms with Gasteiger partial charge >= 0.3 is 6.18 Å². The van der Waals surface area contributed by atoms with Gasteiger partial charge in [-0.15, -0.1) is 0 Å². The molecule has 2 aromatic rings. The molecule has 1 heterocycles. The summed E-state index contributed by atoms with van der Waals surface area (Å²) in [5.74, 6) is 0.380. The highest BCUT2D eigenvalue weighted by Gasteiger charge is 2.32. The number of aryl methyl sites for hydroxylation is 2. The first kappa shape index (κ1) is 23.6. The summed E-state index contributed by atoms with van der Waals surface area (Å²) in [5.41, 5.74) is 2.45. The second kappa shape index (κ2) is 8.60. The van der Waals surface area contributed by atoms with Crippen LogP contribution < -0.4 is 4.72 Å². The molecule has 0 radical (unpaired) electrons. The molecule has 0 aliphatic heterocycles. The van der Waals surface area contributed by atoms with Crippen LogP contribution in [0.5, 0.6) is 0 Å². The van der Waals surface area contributed by atoms with Gasteiger partial charge in [0.25, 0.3) is 0 Å². The molecule has 0 unspecified atom stereocenters. The molecule has 0 fully saturated rings. The van der Waals surface area contributed by atoms with E-state index in [1.807, 2.05) is 46.8 Å². The molecule has 1 aromatic carbocycles.